The third-order valence-electron chi connectivity index (χ3n) is 5.46. The number of benzene rings is 1. The summed E-state index contributed by atoms with van der Waals surface area (Å²) in [7, 11) is 0. The van der Waals surface area contributed by atoms with E-state index >= 15 is 0 Å². The summed E-state index contributed by atoms with van der Waals surface area (Å²) in [4.78, 5) is 45.6. The largest absolute Gasteiger partial charge is 0.355 e. The first-order valence-corrected chi connectivity index (χ1v) is 11.7. The smallest absolute Gasteiger partial charge is 0.262 e. The van der Waals surface area contributed by atoms with E-state index in [1.54, 1.807) is 24.5 Å². The van der Waals surface area contributed by atoms with Crippen molar-refractivity contribution in [3.63, 3.8) is 0 Å². The van der Waals surface area contributed by atoms with Crippen LogP contribution in [0, 0.1) is 13.8 Å². The second-order valence-corrected chi connectivity index (χ2v) is 8.76. The number of para-hydroxylation sites is 1. The number of fused-ring (bicyclic) bond motifs is 1. The Balaban J connectivity index is 1.88. The summed E-state index contributed by atoms with van der Waals surface area (Å²) in [5.74, 6) is -0.0363. The molecule has 0 saturated carbocycles. The molecule has 31 heavy (non-hydrogen) atoms. The Morgan fingerprint density at radius 2 is 1.87 bits per heavy atom. The highest BCUT2D eigenvalue weighted by atomic mass is 32.2. The second-order valence-electron chi connectivity index (χ2n) is 7.82. The van der Waals surface area contributed by atoms with Crippen LogP contribution < -0.4 is 5.56 Å². The number of nitrogens with zero attached hydrogens (tertiary/aromatic N) is 2. The van der Waals surface area contributed by atoms with E-state index in [9.17, 15) is 14.4 Å². The fourth-order valence-electron chi connectivity index (χ4n) is 3.91. The maximum atomic E-state index is 13.1. The second kappa shape index (κ2) is 10.1. The summed E-state index contributed by atoms with van der Waals surface area (Å²) in [6.45, 7) is 7.83. The van der Waals surface area contributed by atoms with Crippen molar-refractivity contribution in [2.45, 2.75) is 65.1 Å². The molecule has 0 aliphatic carbocycles. The van der Waals surface area contributed by atoms with Gasteiger partial charge >= 0.3 is 0 Å². The van der Waals surface area contributed by atoms with Gasteiger partial charge in [0.2, 0.25) is 0 Å². The summed E-state index contributed by atoms with van der Waals surface area (Å²) >= 11 is 1.27. The molecule has 7 heteroatoms. The molecule has 0 saturated heterocycles. The Labute approximate surface area is 186 Å². The van der Waals surface area contributed by atoms with Gasteiger partial charge in [0.25, 0.3) is 5.56 Å². The Kier molecular flexibility index (Phi) is 7.49. The Morgan fingerprint density at radius 3 is 2.55 bits per heavy atom. The number of aromatic nitrogens is 3. The summed E-state index contributed by atoms with van der Waals surface area (Å²) in [6.07, 6.45) is 4.19. The molecule has 0 amide bonds. The zero-order valence-electron chi connectivity index (χ0n) is 18.6. The summed E-state index contributed by atoms with van der Waals surface area (Å²) < 4.78 is 1.70. The first-order chi connectivity index (χ1) is 14.8. The molecule has 0 bridgehead atoms. The number of nitrogens with one attached hydrogen (secondary N) is 1. The number of aromatic amines is 1. The molecule has 3 rings (SSSR count). The van der Waals surface area contributed by atoms with E-state index < -0.39 is 0 Å². The SMILES string of the molecule is CCCCCCn1c(SCC(=O)c2[nH]c(C)c(C(C)=O)c2C)nc2ccccc2c1=O. The first kappa shape index (κ1) is 23.0. The number of thioether (sulfide) groups is 1. The van der Waals surface area contributed by atoms with Crippen LogP contribution in [0.2, 0.25) is 0 Å². The van der Waals surface area contributed by atoms with Gasteiger partial charge in [-0.2, -0.15) is 0 Å². The fraction of sp³-hybridized carbons (Fsp3) is 0.417. The van der Waals surface area contributed by atoms with Crippen molar-refractivity contribution in [3.05, 3.63) is 57.1 Å². The maximum Gasteiger partial charge on any atom is 0.262 e. The average molecular weight is 440 g/mol. The number of Topliss-reactive ketones (excluding diaryl/α,β-unsaturated/α-hetero) is 2. The lowest BCUT2D eigenvalue weighted by Crippen LogP contribution is -2.24. The molecule has 164 valence electrons. The maximum absolute atomic E-state index is 13.1. The van der Waals surface area contributed by atoms with Gasteiger partial charge in [-0.05, 0) is 44.9 Å². The van der Waals surface area contributed by atoms with Crippen LogP contribution in [0.4, 0.5) is 0 Å². The van der Waals surface area contributed by atoms with Crippen LogP contribution >= 0.6 is 11.8 Å². The number of H-pyrrole nitrogens is 1. The van der Waals surface area contributed by atoms with Gasteiger partial charge in [0.05, 0.1) is 22.3 Å². The van der Waals surface area contributed by atoms with E-state index in [4.69, 9.17) is 0 Å². The highest BCUT2D eigenvalue weighted by molar-refractivity contribution is 7.99. The van der Waals surface area contributed by atoms with Gasteiger partial charge < -0.3 is 4.98 Å². The van der Waals surface area contributed by atoms with Gasteiger partial charge in [0.15, 0.2) is 16.7 Å². The zero-order valence-corrected chi connectivity index (χ0v) is 19.4. The molecular formula is C24H29N3O3S. The number of rotatable bonds is 10. The van der Waals surface area contributed by atoms with Crippen molar-refractivity contribution in [3.8, 4) is 0 Å². The molecule has 0 spiro atoms. The molecule has 3 aromatic rings. The van der Waals surface area contributed by atoms with E-state index in [-0.39, 0.29) is 22.9 Å². The Morgan fingerprint density at radius 1 is 1.13 bits per heavy atom. The molecule has 2 heterocycles. The standard InChI is InChI=1S/C24H29N3O3S/c1-5-6-7-10-13-27-23(30)18-11-8-9-12-19(18)26-24(27)31-14-20(29)22-15(2)21(17(4)28)16(3)25-22/h8-9,11-12,25H,5-7,10,13-14H2,1-4H3. The molecule has 6 nitrogen and oxygen atoms in total. The van der Waals surface area contributed by atoms with Crippen LogP contribution in [0.25, 0.3) is 10.9 Å². The van der Waals surface area contributed by atoms with Gasteiger partial charge in [-0.3, -0.25) is 19.0 Å². The zero-order chi connectivity index (χ0) is 22.5. The molecule has 1 aromatic carbocycles. The third kappa shape index (κ3) is 4.98. The molecular weight excluding hydrogens is 410 g/mol. The van der Waals surface area contributed by atoms with Gasteiger partial charge in [-0.15, -0.1) is 0 Å². The number of hydrogen-bond acceptors (Lipinski definition) is 5. The van der Waals surface area contributed by atoms with Gasteiger partial charge in [0.1, 0.15) is 0 Å². The third-order valence-corrected chi connectivity index (χ3v) is 6.44. The predicted octanol–water partition coefficient (Wildman–Crippen LogP) is 5.10. The molecule has 0 unspecified atom stereocenters. The van der Waals surface area contributed by atoms with E-state index in [1.807, 2.05) is 18.2 Å². The van der Waals surface area contributed by atoms with E-state index in [1.165, 1.54) is 18.7 Å². The fourth-order valence-corrected chi connectivity index (χ4v) is 4.81. The average Bonchev–Trinajstić information content (AvgIpc) is 3.05. The highest BCUT2D eigenvalue weighted by Crippen LogP contribution is 2.23. The summed E-state index contributed by atoms with van der Waals surface area (Å²) in [5, 5.41) is 1.15. The van der Waals surface area contributed by atoms with Crippen LogP contribution in [0.3, 0.4) is 0 Å². The van der Waals surface area contributed by atoms with Crippen molar-refractivity contribution in [1.29, 1.82) is 0 Å². The molecule has 0 aliphatic heterocycles. The van der Waals surface area contributed by atoms with Gasteiger partial charge in [-0.1, -0.05) is 50.1 Å². The first-order valence-electron chi connectivity index (χ1n) is 10.7. The lowest BCUT2D eigenvalue weighted by atomic mass is 10.1. The monoisotopic (exact) mass is 439 g/mol. The van der Waals surface area contributed by atoms with Crippen LogP contribution in [0.5, 0.6) is 0 Å². The number of unbranched alkanes of at least 4 members (excludes halogenated alkanes) is 3. The van der Waals surface area contributed by atoms with Crippen molar-refractivity contribution < 1.29 is 9.59 Å². The minimum absolute atomic E-state index is 0.0601. The predicted molar refractivity (Wildman–Crippen MR) is 125 cm³/mol. The molecule has 0 atom stereocenters. The van der Waals surface area contributed by atoms with E-state index in [0.29, 0.717) is 45.1 Å². The Bertz CT molecular complexity index is 1180. The number of carbonyl (C=O) groups is 2. The normalized spacial score (nSPS) is 11.2. The highest BCUT2D eigenvalue weighted by Gasteiger charge is 2.21. The van der Waals surface area contributed by atoms with E-state index in [2.05, 4.69) is 16.9 Å². The summed E-state index contributed by atoms with van der Waals surface area (Å²) in [5.41, 5.74) is 2.98. The van der Waals surface area contributed by atoms with Crippen molar-refractivity contribution >= 4 is 34.2 Å². The molecule has 0 radical (unpaired) electrons. The minimum Gasteiger partial charge on any atom is -0.355 e. The molecule has 1 N–H and O–H groups in total. The molecule has 0 aliphatic rings. The lowest BCUT2D eigenvalue weighted by molar-refractivity contribution is 0.101. The van der Waals surface area contributed by atoms with Crippen LogP contribution in [-0.2, 0) is 6.54 Å². The number of hydrogen-bond donors (Lipinski definition) is 1. The summed E-state index contributed by atoms with van der Waals surface area (Å²) in [6, 6.07) is 7.31. The minimum atomic E-state index is -0.113. The number of aryl methyl sites for hydroxylation is 1. The van der Waals surface area contributed by atoms with Gasteiger partial charge in [-0.25, -0.2) is 4.98 Å². The Hall–Kier alpha value is -2.67. The van der Waals surface area contributed by atoms with Gasteiger partial charge in [0, 0.05) is 17.8 Å². The quantitative estimate of drug-likeness (QED) is 0.206. The lowest BCUT2D eigenvalue weighted by Gasteiger charge is -2.13. The number of ketones is 2. The van der Waals surface area contributed by atoms with Crippen LogP contribution in [0.1, 0.15) is 71.6 Å². The topological polar surface area (TPSA) is 84.8 Å². The van der Waals surface area contributed by atoms with Crippen molar-refractivity contribution in [2.75, 3.05) is 5.75 Å². The van der Waals surface area contributed by atoms with Crippen molar-refractivity contribution in [1.82, 2.24) is 14.5 Å². The van der Waals surface area contributed by atoms with E-state index in [0.717, 1.165) is 25.7 Å². The molecule has 2 aromatic heterocycles. The molecule has 0 fully saturated rings. The van der Waals surface area contributed by atoms with Crippen molar-refractivity contribution in [2.24, 2.45) is 0 Å². The van der Waals surface area contributed by atoms with Crippen LogP contribution in [-0.4, -0.2) is 31.9 Å². The van der Waals surface area contributed by atoms with Crippen LogP contribution in [0.15, 0.2) is 34.2 Å². The number of carbonyl (C=O) groups excluding carboxylic acids is 2.